The molecule has 1 N–H and O–H groups in total. The first-order chi connectivity index (χ1) is 12.1. The summed E-state index contributed by atoms with van der Waals surface area (Å²) in [5.74, 6) is 0.909. The highest BCUT2D eigenvalue weighted by molar-refractivity contribution is 5.92. The number of anilines is 1. The third-order valence-electron chi connectivity index (χ3n) is 5.46. The number of hydrogen-bond acceptors (Lipinski definition) is 4. The Morgan fingerprint density at radius 2 is 1.88 bits per heavy atom. The number of carbonyl (C=O) groups is 1. The molecule has 0 unspecified atom stereocenters. The molecule has 1 aliphatic carbocycles. The summed E-state index contributed by atoms with van der Waals surface area (Å²) in [6.07, 6.45) is 6.70. The van der Waals surface area contributed by atoms with Crippen LogP contribution in [-0.4, -0.2) is 61.1 Å². The minimum atomic E-state index is 0.0152. The Kier molecular flexibility index (Phi) is 6.32. The normalized spacial score (nSPS) is 19.6. The van der Waals surface area contributed by atoms with E-state index in [0.717, 1.165) is 50.0 Å². The standard InChI is InChI=1S/C20H31N3O2/c1-3-22(2)15-20(24)21-16-7-9-18(10-8-16)25-19-11-13-23(14-12-19)17-5-4-6-17/h7-10,17,19H,3-6,11-15H2,1-2H3,(H,21,24). The van der Waals surface area contributed by atoms with E-state index in [1.165, 1.54) is 19.3 Å². The second-order valence-corrected chi connectivity index (χ2v) is 7.34. The summed E-state index contributed by atoms with van der Waals surface area (Å²) in [6, 6.07) is 8.59. The summed E-state index contributed by atoms with van der Waals surface area (Å²) in [5.41, 5.74) is 0.821. The minimum absolute atomic E-state index is 0.0152. The van der Waals surface area contributed by atoms with E-state index in [4.69, 9.17) is 4.74 Å². The molecule has 0 spiro atoms. The number of piperidine rings is 1. The summed E-state index contributed by atoms with van der Waals surface area (Å²) in [6.45, 7) is 5.63. The van der Waals surface area contributed by atoms with Gasteiger partial charge in [-0.1, -0.05) is 13.3 Å². The van der Waals surface area contributed by atoms with Crippen molar-refractivity contribution in [3.05, 3.63) is 24.3 Å². The zero-order chi connectivity index (χ0) is 17.6. The highest BCUT2D eigenvalue weighted by atomic mass is 16.5. The third-order valence-corrected chi connectivity index (χ3v) is 5.46. The van der Waals surface area contributed by atoms with Crippen LogP contribution >= 0.6 is 0 Å². The van der Waals surface area contributed by atoms with E-state index in [0.29, 0.717) is 12.6 Å². The fourth-order valence-corrected chi connectivity index (χ4v) is 3.48. The van der Waals surface area contributed by atoms with Gasteiger partial charge < -0.3 is 15.0 Å². The van der Waals surface area contributed by atoms with Gasteiger partial charge in [-0.15, -0.1) is 0 Å². The summed E-state index contributed by atoms with van der Waals surface area (Å²) in [4.78, 5) is 16.5. The second kappa shape index (κ2) is 8.68. The molecule has 1 amide bonds. The lowest BCUT2D eigenvalue weighted by molar-refractivity contribution is -0.117. The number of nitrogens with one attached hydrogen (secondary N) is 1. The zero-order valence-corrected chi connectivity index (χ0v) is 15.5. The van der Waals surface area contributed by atoms with Crippen LogP contribution in [0.15, 0.2) is 24.3 Å². The number of hydrogen-bond donors (Lipinski definition) is 1. The third kappa shape index (κ3) is 5.19. The van der Waals surface area contributed by atoms with Gasteiger partial charge >= 0.3 is 0 Å². The van der Waals surface area contributed by atoms with Crippen LogP contribution in [0.4, 0.5) is 5.69 Å². The van der Waals surface area contributed by atoms with Crippen LogP contribution < -0.4 is 10.1 Å². The fraction of sp³-hybridized carbons (Fsp3) is 0.650. The molecule has 2 aliphatic rings. The molecule has 1 saturated carbocycles. The molecular weight excluding hydrogens is 314 g/mol. The van der Waals surface area contributed by atoms with Crippen LogP contribution in [0.3, 0.4) is 0 Å². The molecule has 0 bridgehead atoms. The van der Waals surface area contributed by atoms with Crippen molar-refractivity contribution in [3.8, 4) is 5.75 Å². The van der Waals surface area contributed by atoms with Crippen LogP contribution in [0.5, 0.6) is 5.75 Å². The molecular formula is C20H31N3O2. The molecule has 0 atom stereocenters. The van der Waals surface area contributed by atoms with Gasteiger partial charge in [0.1, 0.15) is 11.9 Å². The average molecular weight is 345 g/mol. The molecule has 3 rings (SSSR count). The smallest absolute Gasteiger partial charge is 0.238 e. The Morgan fingerprint density at radius 3 is 2.44 bits per heavy atom. The molecule has 0 radical (unpaired) electrons. The average Bonchev–Trinajstić information content (AvgIpc) is 2.56. The Bertz CT molecular complexity index is 549. The van der Waals surface area contributed by atoms with Crippen molar-refractivity contribution in [1.82, 2.24) is 9.80 Å². The lowest BCUT2D eigenvalue weighted by Crippen LogP contribution is -2.46. The van der Waals surface area contributed by atoms with Crippen LogP contribution in [0, 0.1) is 0 Å². The Balaban J connectivity index is 1.42. The van der Waals surface area contributed by atoms with E-state index in [-0.39, 0.29) is 5.91 Å². The maximum Gasteiger partial charge on any atom is 0.238 e. The van der Waals surface area contributed by atoms with Crippen LogP contribution in [-0.2, 0) is 4.79 Å². The van der Waals surface area contributed by atoms with E-state index < -0.39 is 0 Å². The summed E-state index contributed by atoms with van der Waals surface area (Å²) < 4.78 is 6.13. The van der Waals surface area contributed by atoms with Gasteiger partial charge in [0.25, 0.3) is 0 Å². The first-order valence-corrected chi connectivity index (χ1v) is 9.63. The van der Waals surface area contributed by atoms with E-state index in [1.54, 1.807) is 0 Å². The van der Waals surface area contributed by atoms with Gasteiger partial charge in [-0.2, -0.15) is 0 Å². The van der Waals surface area contributed by atoms with Gasteiger partial charge in [-0.25, -0.2) is 0 Å². The number of benzene rings is 1. The Hall–Kier alpha value is -1.59. The van der Waals surface area contributed by atoms with E-state index in [2.05, 4.69) is 10.2 Å². The summed E-state index contributed by atoms with van der Waals surface area (Å²) in [5, 5.41) is 2.93. The van der Waals surface area contributed by atoms with Gasteiger partial charge in [0, 0.05) is 24.8 Å². The van der Waals surface area contributed by atoms with Crippen molar-refractivity contribution < 1.29 is 9.53 Å². The van der Waals surface area contributed by atoms with Gasteiger partial charge in [0.05, 0.1) is 6.54 Å². The Morgan fingerprint density at radius 1 is 1.20 bits per heavy atom. The molecule has 138 valence electrons. The highest BCUT2D eigenvalue weighted by Crippen LogP contribution is 2.28. The lowest BCUT2D eigenvalue weighted by atomic mass is 9.90. The van der Waals surface area contributed by atoms with Crippen molar-refractivity contribution >= 4 is 11.6 Å². The molecule has 5 heteroatoms. The maximum absolute atomic E-state index is 11.9. The number of nitrogens with zero attached hydrogens (tertiary/aromatic N) is 2. The van der Waals surface area contributed by atoms with Crippen LogP contribution in [0.2, 0.25) is 0 Å². The molecule has 25 heavy (non-hydrogen) atoms. The number of carbonyl (C=O) groups excluding carboxylic acids is 1. The maximum atomic E-state index is 11.9. The van der Waals surface area contributed by atoms with Gasteiger partial charge in [-0.3, -0.25) is 9.69 Å². The highest BCUT2D eigenvalue weighted by Gasteiger charge is 2.29. The molecule has 1 heterocycles. The van der Waals surface area contributed by atoms with Crippen LogP contribution in [0.25, 0.3) is 0 Å². The van der Waals surface area contributed by atoms with Crippen molar-refractivity contribution in [3.63, 3.8) is 0 Å². The number of amides is 1. The molecule has 1 saturated heterocycles. The van der Waals surface area contributed by atoms with E-state index in [9.17, 15) is 4.79 Å². The monoisotopic (exact) mass is 345 g/mol. The molecule has 5 nitrogen and oxygen atoms in total. The second-order valence-electron chi connectivity index (χ2n) is 7.34. The number of likely N-dealkylation sites (N-methyl/N-ethyl adjacent to an activating group) is 1. The Labute approximate surface area is 151 Å². The fourth-order valence-electron chi connectivity index (χ4n) is 3.48. The molecule has 1 aliphatic heterocycles. The van der Waals surface area contributed by atoms with Gasteiger partial charge in [0.15, 0.2) is 0 Å². The lowest BCUT2D eigenvalue weighted by Gasteiger charge is -2.41. The quantitative estimate of drug-likeness (QED) is 0.825. The minimum Gasteiger partial charge on any atom is -0.490 e. The zero-order valence-electron chi connectivity index (χ0n) is 15.5. The van der Waals surface area contributed by atoms with Crippen molar-refractivity contribution in [2.75, 3.05) is 38.5 Å². The topological polar surface area (TPSA) is 44.8 Å². The number of rotatable bonds is 7. The predicted octanol–water partition coefficient (Wildman–Crippen LogP) is 2.97. The molecule has 2 fully saturated rings. The van der Waals surface area contributed by atoms with Crippen molar-refractivity contribution in [2.24, 2.45) is 0 Å². The van der Waals surface area contributed by atoms with Crippen molar-refractivity contribution in [1.29, 1.82) is 0 Å². The van der Waals surface area contributed by atoms with Crippen molar-refractivity contribution in [2.45, 2.75) is 51.2 Å². The molecule has 0 aromatic heterocycles. The van der Waals surface area contributed by atoms with E-state index >= 15 is 0 Å². The first-order valence-electron chi connectivity index (χ1n) is 9.63. The number of ether oxygens (including phenoxy) is 1. The van der Waals surface area contributed by atoms with Crippen LogP contribution in [0.1, 0.15) is 39.0 Å². The van der Waals surface area contributed by atoms with Gasteiger partial charge in [-0.05, 0) is 63.5 Å². The predicted molar refractivity (Wildman–Crippen MR) is 101 cm³/mol. The first kappa shape index (κ1) is 18.2. The molecule has 1 aromatic rings. The SMILES string of the molecule is CCN(C)CC(=O)Nc1ccc(OC2CCN(C3CCC3)CC2)cc1. The largest absolute Gasteiger partial charge is 0.490 e. The van der Waals surface area contributed by atoms with E-state index in [1.807, 2.05) is 43.1 Å². The summed E-state index contributed by atoms with van der Waals surface area (Å²) >= 11 is 0. The number of likely N-dealkylation sites (tertiary alicyclic amines) is 1. The van der Waals surface area contributed by atoms with Gasteiger partial charge in [0.2, 0.25) is 5.91 Å². The summed E-state index contributed by atoms with van der Waals surface area (Å²) in [7, 11) is 1.94. The molecule has 1 aromatic carbocycles.